The molecule has 3 nitrogen and oxygen atoms in total. The van der Waals surface area contributed by atoms with Crippen molar-refractivity contribution in [1.82, 2.24) is 10.3 Å². The number of dihydropyridines is 1. The second-order valence-electron chi connectivity index (χ2n) is 5.89. The Bertz CT molecular complexity index is 936. The van der Waals surface area contributed by atoms with Crippen LogP contribution in [0.1, 0.15) is 0 Å². The summed E-state index contributed by atoms with van der Waals surface area (Å²) < 4.78 is 0. The van der Waals surface area contributed by atoms with E-state index in [1.165, 1.54) is 0 Å². The van der Waals surface area contributed by atoms with Crippen LogP contribution in [0.2, 0.25) is 0 Å². The molecule has 4 heteroatoms. The number of allylic oxidation sites excluding steroid dienone is 2. The summed E-state index contributed by atoms with van der Waals surface area (Å²) in [5.74, 6) is 1.71. The van der Waals surface area contributed by atoms with Gasteiger partial charge in [0.15, 0.2) is 0 Å². The fraction of sp³-hybridized carbons (Fsp3) is 0.0455. The number of hydrogen-bond acceptors (Lipinski definition) is 3. The predicted octanol–water partition coefficient (Wildman–Crippen LogP) is 5.45. The van der Waals surface area contributed by atoms with Gasteiger partial charge in [0, 0.05) is 11.8 Å². The number of rotatable bonds is 4. The van der Waals surface area contributed by atoms with E-state index in [4.69, 9.17) is 11.6 Å². The van der Waals surface area contributed by atoms with Crippen LogP contribution in [0.3, 0.4) is 0 Å². The van der Waals surface area contributed by atoms with Crippen LogP contribution in [0, 0.1) is 0 Å². The molecule has 1 N–H and O–H groups in total. The lowest BCUT2D eigenvalue weighted by atomic mass is 10.0. The molecule has 0 saturated heterocycles. The second kappa shape index (κ2) is 7.46. The molecule has 0 fully saturated rings. The van der Waals surface area contributed by atoms with E-state index < -0.39 is 0 Å². The highest BCUT2D eigenvalue weighted by molar-refractivity contribution is 6.21. The molecular weight excluding hydrogens is 342 g/mol. The molecule has 128 valence electrons. The van der Waals surface area contributed by atoms with Crippen molar-refractivity contribution >= 4 is 23.1 Å². The third-order valence-electron chi connectivity index (χ3n) is 4.17. The molecule has 0 aliphatic carbocycles. The fourth-order valence-electron chi connectivity index (χ4n) is 3.01. The maximum Gasteiger partial charge on any atom is 0.138 e. The van der Waals surface area contributed by atoms with Gasteiger partial charge in [0.25, 0.3) is 0 Å². The number of nitrogens with zero attached hydrogens (tertiary/aromatic N) is 2. The van der Waals surface area contributed by atoms with Crippen molar-refractivity contribution < 1.29 is 0 Å². The number of hydrogen-bond donors (Lipinski definition) is 1. The van der Waals surface area contributed by atoms with Gasteiger partial charge < -0.3 is 5.32 Å². The van der Waals surface area contributed by atoms with Crippen molar-refractivity contribution in [1.29, 1.82) is 0 Å². The van der Waals surface area contributed by atoms with Gasteiger partial charge in [-0.05, 0) is 35.9 Å². The number of para-hydroxylation sites is 1. The summed E-state index contributed by atoms with van der Waals surface area (Å²) in [4.78, 5) is 6.67. The van der Waals surface area contributed by atoms with Crippen LogP contribution in [-0.2, 0) is 0 Å². The van der Waals surface area contributed by atoms with E-state index in [0.717, 1.165) is 28.5 Å². The zero-order valence-corrected chi connectivity index (χ0v) is 14.8. The van der Waals surface area contributed by atoms with Gasteiger partial charge in [-0.2, -0.15) is 0 Å². The van der Waals surface area contributed by atoms with Gasteiger partial charge in [-0.25, -0.2) is 4.98 Å². The minimum Gasteiger partial charge on any atom is -0.352 e. The molecule has 1 aliphatic rings. The van der Waals surface area contributed by atoms with E-state index in [1.807, 2.05) is 60.7 Å². The first-order chi connectivity index (χ1) is 12.8. The maximum atomic E-state index is 6.30. The molecule has 3 aromatic rings. The molecule has 1 aliphatic heterocycles. The summed E-state index contributed by atoms with van der Waals surface area (Å²) >= 11 is 6.30. The van der Waals surface area contributed by atoms with E-state index >= 15 is 0 Å². The van der Waals surface area contributed by atoms with Crippen molar-refractivity contribution in [3.63, 3.8) is 0 Å². The van der Waals surface area contributed by atoms with Gasteiger partial charge in [-0.3, -0.25) is 4.90 Å². The van der Waals surface area contributed by atoms with Crippen LogP contribution in [0.25, 0.3) is 11.1 Å². The lowest BCUT2D eigenvalue weighted by molar-refractivity contribution is 0.800. The Morgan fingerprint density at radius 2 is 1.65 bits per heavy atom. The fourth-order valence-corrected chi connectivity index (χ4v) is 3.21. The SMILES string of the molecule is ClC1C=CC=C(N(c2ccccn2)c2ccccc2-c2ccccc2)N1. The number of aromatic nitrogens is 1. The van der Waals surface area contributed by atoms with Gasteiger partial charge in [0.2, 0.25) is 0 Å². The second-order valence-corrected chi connectivity index (χ2v) is 6.36. The Morgan fingerprint density at radius 3 is 2.42 bits per heavy atom. The molecule has 0 spiro atoms. The van der Waals surface area contributed by atoms with Gasteiger partial charge in [-0.15, -0.1) is 0 Å². The Kier molecular flexibility index (Phi) is 4.71. The smallest absolute Gasteiger partial charge is 0.138 e. The number of pyridine rings is 1. The average Bonchev–Trinajstić information content (AvgIpc) is 2.70. The number of halogens is 1. The first kappa shape index (κ1) is 16.4. The molecule has 0 saturated carbocycles. The minimum atomic E-state index is -0.259. The highest BCUT2D eigenvalue weighted by Gasteiger charge is 2.21. The minimum absolute atomic E-state index is 0.259. The zero-order chi connectivity index (χ0) is 17.8. The Labute approximate surface area is 158 Å². The number of anilines is 2. The molecule has 2 heterocycles. The van der Waals surface area contributed by atoms with Crippen molar-refractivity contribution in [3.05, 3.63) is 103 Å². The first-order valence-corrected chi connectivity index (χ1v) is 8.91. The van der Waals surface area contributed by atoms with E-state index in [1.54, 1.807) is 6.20 Å². The monoisotopic (exact) mass is 359 g/mol. The topological polar surface area (TPSA) is 28.2 Å². The highest BCUT2D eigenvalue weighted by Crippen LogP contribution is 2.36. The number of nitrogens with one attached hydrogen (secondary N) is 1. The lowest BCUT2D eigenvalue weighted by Gasteiger charge is -2.31. The van der Waals surface area contributed by atoms with Crippen molar-refractivity contribution in [2.75, 3.05) is 4.90 Å². The van der Waals surface area contributed by atoms with Crippen LogP contribution in [0.5, 0.6) is 0 Å². The lowest BCUT2D eigenvalue weighted by Crippen LogP contribution is -2.34. The van der Waals surface area contributed by atoms with Gasteiger partial charge in [0.05, 0.1) is 5.69 Å². The summed E-state index contributed by atoms with van der Waals surface area (Å²) in [7, 11) is 0. The molecular formula is C22H18ClN3. The molecule has 2 aromatic carbocycles. The molecule has 0 amide bonds. The third kappa shape index (κ3) is 3.35. The number of benzene rings is 2. The summed E-state index contributed by atoms with van der Waals surface area (Å²) in [6.07, 6.45) is 7.68. The van der Waals surface area contributed by atoms with E-state index in [9.17, 15) is 0 Å². The molecule has 1 atom stereocenters. The Morgan fingerprint density at radius 1 is 0.885 bits per heavy atom. The first-order valence-electron chi connectivity index (χ1n) is 8.47. The quantitative estimate of drug-likeness (QED) is 0.495. The van der Waals surface area contributed by atoms with Crippen molar-refractivity contribution in [3.8, 4) is 11.1 Å². The predicted molar refractivity (Wildman–Crippen MR) is 108 cm³/mol. The Balaban J connectivity index is 1.89. The molecule has 1 aromatic heterocycles. The van der Waals surface area contributed by atoms with Crippen LogP contribution in [-0.4, -0.2) is 10.5 Å². The molecule has 1 unspecified atom stereocenters. The van der Waals surface area contributed by atoms with Crippen LogP contribution < -0.4 is 10.2 Å². The van der Waals surface area contributed by atoms with Crippen LogP contribution in [0.4, 0.5) is 11.5 Å². The molecule has 4 rings (SSSR count). The average molecular weight is 360 g/mol. The van der Waals surface area contributed by atoms with E-state index in [2.05, 4.69) is 45.5 Å². The highest BCUT2D eigenvalue weighted by atomic mass is 35.5. The summed E-state index contributed by atoms with van der Waals surface area (Å²) in [5, 5.41) is 3.32. The van der Waals surface area contributed by atoms with Crippen molar-refractivity contribution in [2.24, 2.45) is 0 Å². The molecule has 0 radical (unpaired) electrons. The largest absolute Gasteiger partial charge is 0.352 e. The third-order valence-corrected chi connectivity index (χ3v) is 4.42. The van der Waals surface area contributed by atoms with Gasteiger partial charge >= 0.3 is 0 Å². The molecule has 26 heavy (non-hydrogen) atoms. The number of alkyl halides is 1. The summed E-state index contributed by atoms with van der Waals surface area (Å²) in [6.45, 7) is 0. The van der Waals surface area contributed by atoms with Gasteiger partial charge in [0.1, 0.15) is 17.1 Å². The van der Waals surface area contributed by atoms with Crippen LogP contribution >= 0.6 is 11.6 Å². The summed E-state index contributed by atoms with van der Waals surface area (Å²) in [5.41, 5.74) is 3.06. The zero-order valence-electron chi connectivity index (χ0n) is 14.1. The van der Waals surface area contributed by atoms with Gasteiger partial charge in [-0.1, -0.05) is 72.3 Å². The standard InChI is InChI=1S/C22H18ClN3/c23-20-13-8-15-22(25-20)26(21-14-6-7-16-24-21)19-12-5-4-11-18(19)17-9-2-1-3-10-17/h1-16,20,25H. The summed E-state index contributed by atoms with van der Waals surface area (Å²) in [6, 6.07) is 24.5. The molecule has 0 bridgehead atoms. The van der Waals surface area contributed by atoms with E-state index in [-0.39, 0.29) is 5.50 Å². The van der Waals surface area contributed by atoms with E-state index in [0.29, 0.717) is 0 Å². The normalized spacial score (nSPS) is 15.9. The maximum absolute atomic E-state index is 6.30. The Hall–Kier alpha value is -3.04. The van der Waals surface area contributed by atoms with Crippen molar-refractivity contribution in [2.45, 2.75) is 5.50 Å². The van der Waals surface area contributed by atoms with Crippen LogP contribution in [0.15, 0.2) is 103 Å².